The van der Waals surface area contributed by atoms with Crippen molar-refractivity contribution in [3.63, 3.8) is 0 Å². The highest BCUT2D eigenvalue weighted by molar-refractivity contribution is 6.10. The number of hydrogen-bond donors (Lipinski definition) is 1. The van der Waals surface area contributed by atoms with Crippen molar-refractivity contribution in [3.8, 4) is 6.07 Å². The number of rotatable bonds is 3. The molecule has 0 saturated heterocycles. The third kappa shape index (κ3) is 4.08. The van der Waals surface area contributed by atoms with Crippen LogP contribution in [0.4, 0.5) is 5.69 Å². The van der Waals surface area contributed by atoms with E-state index in [1.165, 1.54) is 0 Å². The predicted octanol–water partition coefficient (Wildman–Crippen LogP) is 4.47. The Hall–Kier alpha value is -2.86. The first-order valence-electron chi connectivity index (χ1n) is 7.48. The van der Waals surface area contributed by atoms with Gasteiger partial charge in [0.25, 0.3) is 5.91 Å². The number of benzene rings is 2. The van der Waals surface area contributed by atoms with E-state index >= 15 is 0 Å². The van der Waals surface area contributed by atoms with Gasteiger partial charge in [0.1, 0.15) is 11.6 Å². The maximum atomic E-state index is 12.4. The van der Waals surface area contributed by atoms with Crippen LogP contribution in [0.3, 0.4) is 0 Å². The normalized spacial score (nSPS) is 11.0. The predicted molar refractivity (Wildman–Crippen MR) is 94.1 cm³/mol. The number of nitrogens with zero attached hydrogens (tertiary/aromatic N) is 1. The molecule has 1 N–H and O–H groups in total. The molecule has 0 unspecified atom stereocenters. The Balaban J connectivity index is 2.28. The molecule has 1 amide bonds. The SMILES string of the molecule is Cc1ccc(/C=C(\C#N)C(=O)Nc2ccc(C)cc2C)c(C)c1. The minimum Gasteiger partial charge on any atom is -0.321 e. The molecule has 116 valence electrons. The molecule has 0 aliphatic carbocycles. The number of aryl methyl sites for hydroxylation is 4. The van der Waals surface area contributed by atoms with E-state index in [2.05, 4.69) is 5.32 Å². The van der Waals surface area contributed by atoms with E-state index in [0.29, 0.717) is 0 Å². The molecule has 0 fully saturated rings. The molecular formula is C20H20N2O. The summed E-state index contributed by atoms with van der Waals surface area (Å²) in [6.07, 6.45) is 1.63. The zero-order valence-corrected chi connectivity index (χ0v) is 13.9. The first kappa shape index (κ1) is 16.5. The molecule has 0 radical (unpaired) electrons. The number of carbonyl (C=O) groups is 1. The van der Waals surface area contributed by atoms with Crippen LogP contribution >= 0.6 is 0 Å². The van der Waals surface area contributed by atoms with E-state index in [1.54, 1.807) is 6.08 Å². The fourth-order valence-electron chi connectivity index (χ4n) is 2.44. The first-order valence-corrected chi connectivity index (χ1v) is 7.48. The van der Waals surface area contributed by atoms with Gasteiger partial charge in [0.2, 0.25) is 0 Å². The standard InChI is InChI=1S/C20H20N2O/c1-13-5-7-17(15(3)9-13)11-18(12-21)20(23)22-19-8-6-14(2)10-16(19)4/h5-11H,1-4H3,(H,22,23)/b18-11+. The molecule has 0 saturated carbocycles. The highest BCUT2D eigenvalue weighted by Crippen LogP contribution is 2.18. The second kappa shape index (κ2) is 6.93. The van der Waals surface area contributed by atoms with Gasteiger partial charge >= 0.3 is 0 Å². The number of hydrogen-bond acceptors (Lipinski definition) is 2. The zero-order chi connectivity index (χ0) is 17.0. The van der Waals surface area contributed by atoms with Crippen molar-refractivity contribution in [2.24, 2.45) is 0 Å². The van der Waals surface area contributed by atoms with Gasteiger partial charge in [-0.05, 0) is 56.5 Å². The van der Waals surface area contributed by atoms with Crippen LogP contribution < -0.4 is 5.32 Å². The van der Waals surface area contributed by atoms with E-state index in [0.717, 1.165) is 33.5 Å². The fraction of sp³-hybridized carbons (Fsp3) is 0.200. The van der Waals surface area contributed by atoms with Gasteiger partial charge in [-0.25, -0.2) is 0 Å². The number of nitrogens with one attached hydrogen (secondary N) is 1. The van der Waals surface area contributed by atoms with Crippen LogP contribution in [0.1, 0.15) is 27.8 Å². The van der Waals surface area contributed by atoms with Crippen LogP contribution in [-0.4, -0.2) is 5.91 Å². The molecule has 3 heteroatoms. The van der Waals surface area contributed by atoms with Crippen LogP contribution in [0, 0.1) is 39.0 Å². The summed E-state index contributed by atoms with van der Waals surface area (Å²) in [6.45, 7) is 7.91. The monoisotopic (exact) mass is 304 g/mol. The van der Waals surface area contributed by atoms with Crippen LogP contribution in [0.25, 0.3) is 6.08 Å². The summed E-state index contributed by atoms with van der Waals surface area (Å²) in [7, 11) is 0. The molecule has 2 aromatic carbocycles. The quantitative estimate of drug-likeness (QED) is 0.672. The number of nitriles is 1. The second-order valence-electron chi connectivity index (χ2n) is 5.80. The maximum Gasteiger partial charge on any atom is 0.266 e. The first-order chi connectivity index (χ1) is 10.9. The molecule has 3 nitrogen and oxygen atoms in total. The average Bonchev–Trinajstić information content (AvgIpc) is 2.49. The molecule has 2 aromatic rings. The Kier molecular flexibility index (Phi) is 4.98. The number of carbonyl (C=O) groups excluding carboxylic acids is 1. The van der Waals surface area contributed by atoms with Crippen molar-refractivity contribution in [1.29, 1.82) is 5.26 Å². The van der Waals surface area contributed by atoms with Crippen molar-refractivity contribution in [2.75, 3.05) is 5.32 Å². The van der Waals surface area contributed by atoms with Gasteiger partial charge in [-0.2, -0.15) is 5.26 Å². The Bertz CT molecular complexity index is 826. The van der Waals surface area contributed by atoms with Crippen LogP contribution in [0.2, 0.25) is 0 Å². The summed E-state index contributed by atoms with van der Waals surface area (Å²) in [6, 6.07) is 13.7. The third-order valence-electron chi connectivity index (χ3n) is 3.72. The molecule has 0 atom stereocenters. The summed E-state index contributed by atoms with van der Waals surface area (Å²) in [5, 5.41) is 12.1. The Labute approximate surface area is 137 Å². The van der Waals surface area contributed by atoms with Gasteiger partial charge in [-0.15, -0.1) is 0 Å². The fourth-order valence-corrected chi connectivity index (χ4v) is 2.44. The highest BCUT2D eigenvalue weighted by Gasteiger charge is 2.11. The number of anilines is 1. The Morgan fingerprint density at radius 2 is 1.61 bits per heavy atom. The minimum absolute atomic E-state index is 0.0944. The van der Waals surface area contributed by atoms with Crippen LogP contribution in [0.15, 0.2) is 42.0 Å². The van der Waals surface area contributed by atoms with E-state index < -0.39 is 0 Å². The summed E-state index contributed by atoms with van der Waals surface area (Å²) in [5.41, 5.74) is 5.99. The summed E-state index contributed by atoms with van der Waals surface area (Å²) in [4.78, 5) is 12.4. The summed E-state index contributed by atoms with van der Waals surface area (Å²) >= 11 is 0. The molecule has 0 heterocycles. The van der Waals surface area contributed by atoms with E-state index in [4.69, 9.17) is 0 Å². The van der Waals surface area contributed by atoms with Gasteiger partial charge in [-0.1, -0.05) is 41.5 Å². The van der Waals surface area contributed by atoms with E-state index in [9.17, 15) is 10.1 Å². The molecule has 0 spiro atoms. The molecule has 2 rings (SSSR count). The van der Waals surface area contributed by atoms with Gasteiger partial charge in [-0.3, -0.25) is 4.79 Å². The van der Waals surface area contributed by atoms with Crippen molar-refractivity contribution < 1.29 is 4.79 Å². The molecule has 0 aromatic heterocycles. The van der Waals surface area contributed by atoms with Crippen molar-refractivity contribution in [3.05, 3.63) is 69.8 Å². The Morgan fingerprint density at radius 1 is 1.00 bits per heavy atom. The van der Waals surface area contributed by atoms with Crippen LogP contribution in [-0.2, 0) is 4.79 Å². The van der Waals surface area contributed by atoms with Gasteiger partial charge in [0.15, 0.2) is 0 Å². The lowest BCUT2D eigenvalue weighted by Gasteiger charge is -2.09. The van der Waals surface area contributed by atoms with Crippen molar-refractivity contribution in [2.45, 2.75) is 27.7 Å². The molecule has 0 aliphatic rings. The van der Waals surface area contributed by atoms with E-state index in [-0.39, 0.29) is 11.5 Å². The van der Waals surface area contributed by atoms with Crippen molar-refractivity contribution >= 4 is 17.7 Å². The molecular weight excluding hydrogens is 284 g/mol. The van der Waals surface area contributed by atoms with Crippen LogP contribution in [0.5, 0.6) is 0 Å². The second-order valence-corrected chi connectivity index (χ2v) is 5.80. The lowest BCUT2D eigenvalue weighted by atomic mass is 10.0. The average molecular weight is 304 g/mol. The molecule has 0 bridgehead atoms. The van der Waals surface area contributed by atoms with Gasteiger partial charge in [0, 0.05) is 5.69 Å². The molecule has 0 aliphatic heterocycles. The van der Waals surface area contributed by atoms with E-state index in [1.807, 2.05) is 70.2 Å². The lowest BCUT2D eigenvalue weighted by molar-refractivity contribution is -0.112. The van der Waals surface area contributed by atoms with Gasteiger partial charge in [0.05, 0.1) is 0 Å². The van der Waals surface area contributed by atoms with Crippen molar-refractivity contribution in [1.82, 2.24) is 0 Å². The Morgan fingerprint density at radius 3 is 2.17 bits per heavy atom. The largest absolute Gasteiger partial charge is 0.321 e. The lowest BCUT2D eigenvalue weighted by Crippen LogP contribution is -2.14. The molecule has 23 heavy (non-hydrogen) atoms. The summed E-state index contributed by atoms with van der Waals surface area (Å²) < 4.78 is 0. The maximum absolute atomic E-state index is 12.4. The highest BCUT2D eigenvalue weighted by atomic mass is 16.1. The van der Waals surface area contributed by atoms with Gasteiger partial charge < -0.3 is 5.32 Å². The number of amides is 1. The third-order valence-corrected chi connectivity index (χ3v) is 3.72. The topological polar surface area (TPSA) is 52.9 Å². The zero-order valence-electron chi connectivity index (χ0n) is 13.9. The summed E-state index contributed by atoms with van der Waals surface area (Å²) in [5.74, 6) is -0.389. The smallest absolute Gasteiger partial charge is 0.266 e. The minimum atomic E-state index is -0.389.